The zero-order valence-corrected chi connectivity index (χ0v) is 10.7. The van der Waals surface area contributed by atoms with Crippen LogP contribution in [0.4, 0.5) is 5.82 Å². The lowest BCUT2D eigenvalue weighted by molar-refractivity contribution is 0.822. The van der Waals surface area contributed by atoms with Crippen molar-refractivity contribution in [1.82, 2.24) is 20.0 Å². The Morgan fingerprint density at radius 2 is 2.11 bits per heavy atom. The highest BCUT2D eigenvalue weighted by atomic mass is 15.4. The molecule has 0 atom stereocenters. The van der Waals surface area contributed by atoms with Gasteiger partial charge in [0.25, 0.3) is 0 Å². The molecule has 0 aliphatic rings. The van der Waals surface area contributed by atoms with Gasteiger partial charge in [0, 0.05) is 18.8 Å². The van der Waals surface area contributed by atoms with E-state index in [9.17, 15) is 0 Å². The summed E-state index contributed by atoms with van der Waals surface area (Å²) in [5, 5.41) is 11.6. The van der Waals surface area contributed by atoms with Crippen molar-refractivity contribution in [2.75, 3.05) is 11.9 Å². The summed E-state index contributed by atoms with van der Waals surface area (Å²) in [6.07, 6.45) is 2.85. The van der Waals surface area contributed by atoms with Crippen molar-refractivity contribution in [2.45, 2.75) is 13.3 Å². The second-order valence-corrected chi connectivity index (χ2v) is 4.32. The third kappa shape index (κ3) is 2.27. The normalized spacial score (nSPS) is 10.8. The molecule has 0 spiro atoms. The Morgan fingerprint density at radius 3 is 3.00 bits per heavy atom. The molecule has 0 aliphatic heterocycles. The molecule has 0 amide bonds. The summed E-state index contributed by atoms with van der Waals surface area (Å²) >= 11 is 0. The van der Waals surface area contributed by atoms with Gasteiger partial charge in [0.2, 0.25) is 0 Å². The van der Waals surface area contributed by atoms with Crippen molar-refractivity contribution >= 4 is 16.9 Å². The largest absolute Gasteiger partial charge is 0.370 e. The van der Waals surface area contributed by atoms with Gasteiger partial charge in [0.05, 0.1) is 11.2 Å². The summed E-state index contributed by atoms with van der Waals surface area (Å²) in [7, 11) is 0. The molecule has 0 unspecified atom stereocenters. The number of hydrogen-bond acceptors (Lipinski definition) is 4. The molecule has 0 aliphatic carbocycles. The molecule has 3 aromatic rings. The van der Waals surface area contributed by atoms with Crippen LogP contribution in [0.3, 0.4) is 0 Å². The van der Waals surface area contributed by atoms with Crippen molar-refractivity contribution < 1.29 is 0 Å². The second-order valence-electron chi connectivity index (χ2n) is 4.32. The number of nitrogens with one attached hydrogen (secondary N) is 1. The van der Waals surface area contributed by atoms with Gasteiger partial charge in [-0.1, -0.05) is 24.3 Å². The fraction of sp³-hybridized carbons (Fsp3) is 0.214. The quantitative estimate of drug-likeness (QED) is 0.776. The van der Waals surface area contributed by atoms with E-state index < -0.39 is 0 Å². The van der Waals surface area contributed by atoms with E-state index in [1.807, 2.05) is 41.1 Å². The van der Waals surface area contributed by atoms with Crippen LogP contribution in [0.25, 0.3) is 16.7 Å². The number of nitrogens with zero attached hydrogens (tertiary/aromatic N) is 4. The lowest BCUT2D eigenvalue weighted by Gasteiger charge is -2.06. The average molecular weight is 253 g/mol. The Bertz CT molecular complexity index is 689. The van der Waals surface area contributed by atoms with Crippen LogP contribution in [0.2, 0.25) is 0 Å². The Kier molecular flexibility index (Phi) is 3.10. The first kappa shape index (κ1) is 11.6. The molecule has 5 nitrogen and oxygen atoms in total. The molecule has 3 rings (SSSR count). The van der Waals surface area contributed by atoms with Gasteiger partial charge in [-0.15, -0.1) is 5.10 Å². The highest BCUT2D eigenvalue weighted by Gasteiger charge is 2.06. The third-order valence-corrected chi connectivity index (χ3v) is 2.90. The molecule has 19 heavy (non-hydrogen) atoms. The Labute approximate surface area is 111 Å². The standard InChI is InChI=1S/C14H15N5/c1-2-8-15-14-10-11(7-9-16-14)19-13-6-4-3-5-12(13)17-18-19/h3-7,9-10H,2,8H2,1H3,(H,15,16). The van der Waals surface area contributed by atoms with E-state index in [1.165, 1.54) is 0 Å². The molecule has 5 heteroatoms. The fourth-order valence-corrected chi connectivity index (χ4v) is 1.96. The van der Waals surface area contributed by atoms with Gasteiger partial charge in [-0.3, -0.25) is 0 Å². The van der Waals surface area contributed by atoms with E-state index in [0.717, 1.165) is 35.5 Å². The molecular formula is C14H15N5. The van der Waals surface area contributed by atoms with Crippen molar-refractivity contribution in [1.29, 1.82) is 0 Å². The summed E-state index contributed by atoms with van der Waals surface area (Å²) < 4.78 is 1.83. The number of pyridine rings is 1. The molecule has 96 valence electrons. The molecule has 0 saturated carbocycles. The zero-order valence-electron chi connectivity index (χ0n) is 10.7. The number of rotatable bonds is 4. The monoisotopic (exact) mass is 253 g/mol. The highest BCUT2D eigenvalue weighted by Crippen LogP contribution is 2.17. The van der Waals surface area contributed by atoms with E-state index in [-0.39, 0.29) is 0 Å². The maximum atomic E-state index is 4.29. The van der Waals surface area contributed by atoms with Gasteiger partial charge in [0.15, 0.2) is 0 Å². The molecule has 1 aromatic carbocycles. The number of aromatic nitrogens is 4. The Hall–Kier alpha value is -2.43. The molecule has 0 saturated heterocycles. The summed E-state index contributed by atoms with van der Waals surface area (Å²) in [6.45, 7) is 3.04. The van der Waals surface area contributed by atoms with Gasteiger partial charge in [-0.05, 0) is 24.6 Å². The van der Waals surface area contributed by atoms with Gasteiger partial charge in [-0.25, -0.2) is 9.67 Å². The van der Waals surface area contributed by atoms with Crippen LogP contribution in [0, 0.1) is 0 Å². The molecule has 0 bridgehead atoms. The molecule has 2 heterocycles. The van der Waals surface area contributed by atoms with Crippen molar-refractivity contribution in [3.05, 3.63) is 42.6 Å². The summed E-state index contributed by atoms with van der Waals surface area (Å²) in [5.41, 5.74) is 2.85. The first-order chi connectivity index (χ1) is 9.38. The number of para-hydroxylation sites is 1. The molecule has 2 aromatic heterocycles. The first-order valence-corrected chi connectivity index (χ1v) is 6.39. The molecular weight excluding hydrogens is 238 g/mol. The van der Waals surface area contributed by atoms with Crippen LogP contribution in [0.5, 0.6) is 0 Å². The molecule has 0 radical (unpaired) electrons. The highest BCUT2D eigenvalue weighted by molar-refractivity contribution is 5.76. The Balaban J connectivity index is 2.01. The van der Waals surface area contributed by atoms with Crippen LogP contribution in [0.1, 0.15) is 13.3 Å². The SMILES string of the molecule is CCCNc1cc(-n2nnc3ccccc32)ccn1. The predicted octanol–water partition coefficient (Wildman–Crippen LogP) is 2.64. The van der Waals surface area contributed by atoms with Crippen LogP contribution < -0.4 is 5.32 Å². The number of anilines is 1. The van der Waals surface area contributed by atoms with Gasteiger partial charge in [-0.2, -0.15) is 0 Å². The predicted molar refractivity (Wildman–Crippen MR) is 75.4 cm³/mol. The van der Waals surface area contributed by atoms with Crippen LogP contribution >= 0.6 is 0 Å². The third-order valence-electron chi connectivity index (χ3n) is 2.90. The fourth-order valence-electron chi connectivity index (χ4n) is 1.96. The smallest absolute Gasteiger partial charge is 0.128 e. The minimum Gasteiger partial charge on any atom is -0.370 e. The van der Waals surface area contributed by atoms with E-state index in [2.05, 4.69) is 27.5 Å². The lowest BCUT2D eigenvalue weighted by Crippen LogP contribution is -2.03. The molecule has 0 fully saturated rings. The minimum absolute atomic E-state index is 0.860. The summed E-state index contributed by atoms with van der Waals surface area (Å²) in [5.74, 6) is 0.860. The lowest BCUT2D eigenvalue weighted by atomic mass is 10.3. The van der Waals surface area contributed by atoms with E-state index in [0.29, 0.717) is 0 Å². The average Bonchev–Trinajstić information content (AvgIpc) is 2.89. The maximum absolute atomic E-state index is 4.29. The van der Waals surface area contributed by atoms with E-state index >= 15 is 0 Å². The van der Waals surface area contributed by atoms with Crippen molar-refractivity contribution in [3.63, 3.8) is 0 Å². The van der Waals surface area contributed by atoms with Crippen molar-refractivity contribution in [3.8, 4) is 5.69 Å². The maximum Gasteiger partial charge on any atom is 0.128 e. The summed E-state index contributed by atoms with van der Waals surface area (Å²) in [4.78, 5) is 4.29. The number of fused-ring (bicyclic) bond motifs is 1. The second kappa shape index (κ2) is 5.06. The Morgan fingerprint density at radius 1 is 1.21 bits per heavy atom. The van der Waals surface area contributed by atoms with Crippen LogP contribution in [0.15, 0.2) is 42.6 Å². The van der Waals surface area contributed by atoms with Gasteiger partial charge >= 0.3 is 0 Å². The number of benzene rings is 1. The first-order valence-electron chi connectivity index (χ1n) is 6.39. The van der Waals surface area contributed by atoms with Gasteiger partial charge in [0.1, 0.15) is 11.3 Å². The van der Waals surface area contributed by atoms with E-state index in [4.69, 9.17) is 0 Å². The molecule has 1 N–H and O–H groups in total. The minimum atomic E-state index is 0.860. The van der Waals surface area contributed by atoms with Gasteiger partial charge < -0.3 is 5.32 Å². The zero-order chi connectivity index (χ0) is 13.1. The van der Waals surface area contributed by atoms with E-state index in [1.54, 1.807) is 6.20 Å². The number of hydrogen-bond donors (Lipinski definition) is 1. The van der Waals surface area contributed by atoms with Crippen LogP contribution in [-0.4, -0.2) is 26.5 Å². The summed E-state index contributed by atoms with van der Waals surface area (Å²) in [6, 6.07) is 11.8. The van der Waals surface area contributed by atoms with Crippen LogP contribution in [-0.2, 0) is 0 Å². The topological polar surface area (TPSA) is 55.6 Å². The van der Waals surface area contributed by atoms with Crippen molar-refractivity contribution in [2.24, 2.45) is 0 Å².